The largest absolute Gasteiger partial charge is 0.456 e. The molecule has 0 amide bonds. The molecule has 0 saturated carbocycles. The normalized spacial score (nSPS) is 20.7. The van der Waals surface area contributed by atoms with Crippen molar-refractivity contribution >= 4 is 0 Å². The fourth-order valence-corrected chi connectivity index (χ4v) is 3.17. The number of aliphatic hydroxyl groups is 1. The van der Waals surface area contributed by atoms with E-state index in [0.717, 1.165) is 18.4 Å². The molecule has 0 radical (unpaired) electrons. The number of nitrogens with zero attached hydrogens (tertiary/aromatic N) is 2. The molecular weight excluding hydrogens is 268 g/mol. The van der Waals surface area contributed by atoms with Gasteiger partial charge in [-0.2, -0.15) is 4.98 Å². The highest BCUT2D eigenvalue weighted by Crippen LogP contribution is 2.30. The summed E-state index contributed by atoms with van der Waals surface area (Å²) in [5.74, 6) is 0. The first-order valence-electron chi connectivity index (χ1n) is 7.24. The average molecular weight is 284 g/mol. The van der Waals surface area contributed by atoms with E-state index >= 15 is 0 Å². The maximum Gasteiger partial charge on any atom is 0.300 e. The molecule has 1 aliphatic heterocycles. The molecule has 0 fully saturated rings. The van der Waals surface area contributed by atoms with Crippen molar-refractivity contribution in [3.63, 3.8) is 0 Å². The summed E-state index contributed by atoms with van der Waals surface area (Å²) < 4.78 is 7.38. The first-order chi connectivity index (χ1) is 10.2. The third kappa shape index (κ3) is 2.14. The number of aryl methyl sites for hydroxylation is 2. The van der Waals surface area contributed by atoms with E-state index in [0.29, 0.717) is 6.54 Å². The van der Waals surface area contributed by atoms with Gasteiger partial charge in [0.1, 0.15) is 12.2 Å². The van der Waals surface area contributed by atoms with Gasteiger partial charge in [0.25, 0.3) is 11.6 Å². The van der Waals surface area contributed by atoms with Crippen molar-refractivity contribution in [2.75, 3.05) is 0 Å². The van der Waals surface area contributed by atoms with Crippen molar-refractivity contribution in [1.29, 1.82) is 0 Å². The molecule has 108 valence electrons. The van der Waals surface area contributed by atoms with E-state index in [9.17, 15) is 9.90 Å². The number of hydrogen-bond donors (Lipinski definition) is 1. The smallest absolute Gasteiger partial charge is 0.300 e. The van der Waals surface area contributed by atoms with E-state index in [-0.39, 0.29) is 11.6 Å². The van der Waals surface area contributed by atoms with E-state index in [1.807, 2.05) is 6.07 Å². The molecule has 2 unspecified atom stereocenters. The van der Waals surface area contributed by atoms with Crippen LogP contribution < -0.4 is 10.3 Å². The molecule has 2 aliphatic rings. The maximum absolute atomic E-state index is 11.2. The van der Waals surface area contributed by atoms with Crippen molar-refractivity contribution in [1.82, 2.24) is 9.55 Å². The molecule has 0 bridgehead atoms. The molecule has 1 aliphatic carbocycles. The molecule has 4 rings (SSSR count). The van der Waals surface area contributed by atoms with E-state index < -0.39 is 12.2 Å². The summed E-state index contributed by atoms with van der Waals surface area (Å²) >= 11 is 0. The summed E-state index contributed by atoms with van der Waals surface area (Å²) in [5.41, 5.74) is 3.26. The van der Waals surface area contributed by atoms with Gasteiger partial charge >= 0.3 is 0 Å². The van der Waals surface area contributed by atoms with Crippen molar-refractivity contribution in [2.24, 2.45) is 0 Å². The van der Waals surface area contributed by atoms with Crippen LogP contribution in [0.15, 0.2) is 35.3 Å². The van der Waals surface area contributed by atoms with Gasteiger partial charge in [-0.1, -0.05) is 18.2 Å². The van der Waals surface area contributed by atoms with Crippen LogP contribution in [0.2, 0.25) is 0 Å². The van der Waals surface area contributed by atoms with Crippen LogP contribution in [0.4, 0.5) is 0 Å². The monoisotopic (exact) mass is 284 g/mol. The fourth-order valence-electron chi connectivity index (χ4n) is 3.17. The maximum atomic E-state index is 11.2. The molecule has 0 spiro atoms. The standard InChI is InChI=1S/C16H16N2O3/c19-14-6-7-18-9-13(21-16(18)17-14)15(20)12-5-4-10-2-1-3-11(10)8-12/h4-8,13,15,20H,1-3,9H2. The predicted octanol–water partition coefficient (Wildman–Crippen LogP) is 1.23. The van der Waals surface area contributed by atoms with Gasteiger partial charge in [-0.15, -0.1) is 0 Å². The number of aliphatic hydroxyl groups excluding tert-OH is 1. The lowest BCUT2D eigenvalue weighted by Crippen LogP contribution is -2.24. The second kappa shape index (κ2) is 4.70. The molecule has 2 atom stereocenters. The second-order valence-corrected chi connectivity index (χ2v) is 5.68. The van der Waals surface area contributed by atoms with Gasteiger partial charge in [0, 0.05) is 12.3 Å². The topological polar surface area (TPSA) is 64.4 Å². The Labute approximate surface area is 121 Å². The Bertz CT molecular complexity index is 753. The number of aromatic nitrogens is 2. The quantitative estimate of drug-likeness (QED) is 0.901. The Kier molecular flexibility index (Phi) is 2.82. The molecule has 1 aromatic carbocycles. The van der Waals surface area contributed by atoms with Crippen LogP contribution in [0.25, 0.3) is 0 Å². The minimum atomic E-state index is -0.715. The lowest BCUT2D eigenvalue weighted by Gasteiger charge is -2.18. The molecule has 5 heteroatoms. The fraction of sp³-hybridized carbons (Fsp3) is 0.375. The minimum Gasteiger partial charge on any atom is -0.456 e. The molecule has 5 nitrogen and oxygen atoms in total. The van der Waals surface area contributed by atoms with E-state index in [1.165, 1.54) is 23.6 Å². The van der Waals surface area contributed by atoms with Crippen molar-refractivity contribution in [3.8, 4) is 6.01 Å². The van der Waals surface area contributed by atoms with E-state index in [2.05, 4.69) is 17.1 Å². The Morgan fingerprint density at radius 1 is 1.29 bits per heavy atom. The molecule has 2 heterocycles. The van der Waals surface area contributed by atoms with Crippen molar-refractivity contribution in [2.45, 2.75) is 38.0 Å². The van der Waals surface area contributed by atoms with Crippen LogP contribution in [0.1, 0.15) is 29.2 Å². The van der Waals surface area contributed by atoms with Crippen LogP contribution in [-0.4, -0.2) is 20.8 Å². The van der Waals surface area contributed by atoms with Gasteiger partial charge in [0.2, 0.25) is 0 Å². The summed E-state index contributed by atoms with van der Waals surface area (Å²) in [7, 11) is 0. The van der Waals surface area contributed by atoms with Crippen LogP contribution in [-0.2, 0) is 19.4 Å². The Morgan fingerprint density at radius 3 is 3.05 bits per heavy atom. The van der Waals surface area contributed by atoms with Crippen molar-refractivity contribution < 1.29 is 9.84 Å². The Morgan fingerprint density at radius 2 is 2.14 bits per heavy atom. The number of fused-ring (bicyclic) bond motifs is 2. The zero-order valence-corrected chi connectivity index (χ0v) is 11.5. The Hall–Kier alpha value is -2.14. The SMILES string of the molecule is O=c1ccn2c(n1)OC(C(O)c1ccc3c(c1)CCC3)C2. The molecule has 21 heavy (non-hydrogen) atoms. The summed E-state index contributed by atoms with van der Waals surface area (Å²) in [6, 6.07) is 7.84. The van der Waals surface area contributed by atoms with Gasteiger partial charge in [-0.05, 0) is 36.0 Å². The highest BCUT2D eigenvalue weighted by atomic mass is 16.5. The van der Waals surface area contributed by atoms with Gasteiger partial charge in [0.15, 0.2) is 0 Å². The third-order valence-corrected chi connectivity index (χ3v) is 4.30. The van der Waals surface area contributed by atoms with Gasteiger partial charge in [0.05, 0.1) is 6.54 Å². The molecular formula is C16H16N2O3. The number of hydrogen-bond acceptors (Lipinski definition) is 4. The van der Waals surface area contributed by atoms with Crippen LogP contribution in [0.5, 0.6) is 6.01 Å². The van der Waals surface area contributed by atoms with Crippen LogP contribution >= 0.6 is 0 Å². The number of benzene rings is 1. The zero-order valence-electron chi connectivity index (χ0n) is 11.5. The third-order valence-electron chi connectivity index (χ3n) is 4.30. The molecule has 0 saturated heterocycles. The number of rotatable bonds is 2. The predicted molar refractivity (Wildman–Crippen MR) is 76.3 cm³/mol. The first kappa shape index (κ1) is 12.6. The summed E-state index contributed by atoms with van der Waals surface area (Å²) in [5, 5.41) is 10.5. The van der Waals surface area contributed by atoms with Gasteiger partial charge in [-0.25, -0.2) is 0 Å². The molecule has 1 aromatic heterocycles. The summed E-state index contributed by atoms with van der Waals surface area (Å²) in [6.07, 6.45) is 3.93. The highest BCUT2D eigenvalue weighted by molar-refractivity contribution is 5.36. The highest BCUT2D eigenvalue weighted by Gasteiger charge is 2.31. The average Bonchev–Trinajstić information content (AvgIpc) is 3.11. The van der Waals surface area contributed by atoms with Crippen LogP contribution in [0, 0.1) is 0 Å². The lowest BCUT2D eigenvalue weighted by molar-refractivity contribution is 0.0458. The Balaban J connectivity index is 1.59. The summed E-state index contributed by atoms with van der Waals surface area (Å²) in [6.45, 7) is 0.501. The summed E-state index contributed by atoms with van der Waals surface area (Å²) in [4.78, 5) is 15.0. The van der Waals surface area contributed by atoms with Crippen molar-refractivity contribution in [3.05, 3.63) is 57.5 Å². The van der Waals surface area contributed by atoms with Gasteiger partial charge in [-0.3, -0.25) is 9.36 Å². The zero-order chi connectivity index (χ0) is 14.4. The van der Waals surface area contributed by atoms with E-state index in [1.54, 1.807) is 10.8 Å². The second-order valence-electron chi connectivity index (χ2n) is 5.68. The van der Waals surface area contributed by atoms with Gasteiger partial charge < -0.3 is 9.84 Å². The lowest BCUT2D eigenvalue weighted by atomic mass is 9.99. The molecule has 2 aromatic rings. The number of ether oxygens (including phenoxy) is 1. The minimum absolute atomic E-state index is 0.285. The first-order valence-corrected chi connectivity index (χ1v) is 7.24. The molecule has 1 N–H and O–H groups in total. The van der Waals surface area contributed by atoms with E-state index in [4.69, 9.17) is 4.74 Å². The van der Waals surface area contributed by atoms with Crippen LogP contribution in [0.3, 0.4) is 0 Å².